The van der Waals surface area contributed by atoms with E-state index in [1.807, 2.05) is 19.1 Å². The molecule has 0 radical (unpaired) electrons. The summed E-state index contributed by atoms with van der Waals surface area (Å²) in [6, 6.07) is 6.47. The van der Waals surface area contributed by atoms with Crippen LogP contribution in [-0.4, -0.2) is 20.4 Å². The topological polar surface area (TPSA) is 76.9 Å². The van der Waals surface area contributed by atoms with Gasteiger partial charge in [0.1, 0.15) is 12.4 Å². The van der Waals surface area contributed by atoms with Gasteiger partial charge in [0.15, 0.2) is 5.65 Å². The van der Waals surface area contributed by atoms with Gasteiger partial charge in [0.05, 0.1) is 5.39 Å². The van der Waals surface area contributed by atoms with Crippen LogP contribution in [0.1, 0.15) is 42.6 Å². The number of carbonyl (C=O) groups excluding carboxylic acids is 1. The highest BCUT2D eigenvalue weighted by Gasteiger charge is 2.20. The summed E-state index contributed by atoms with van der Waals surface area (Å²) in [4.78, 5) is 34.7. The van der Waals surface area contributed by atoms with Crippen molar-refractivity contribution in [2.45, 2.75) is 45.6 Å². The second kappa shape index (κ2) is 7.36. The molecule has 1 aliphatic rings. The standard InChI is InChI=1S/C21H21ClN4O2/c1-12-7-8-15(22)10-18(12)25-20(27)13(2)26-11-23-19-16(21(26)28)9-14-5-3-4-6-17(14)24-19/h7-11,13H,3-6H2,1-2H3,(H,25,27)/t13-/m1/s1. The zero-order valence-corrected chi connectivity index (χ0v) is 16.6. The number of halogens is 1. The van der Waals surface area contributed by atoms with Crippen molar-refractivity contribution in [2.24, 2.45) is 0 Å². The number of rotatable bonds is 3. The van der Waals surface area contributed by atoms with Gasteiger partial charge in [0.2, 0.25) is 5.91 Å². The quantitative estimate of drug-likeness (QED) is 0.729. The number of fused-ring (bicyclic) bond motifs is 2. The van der Waals surface area contributed by atoms with E-state index in [9.17, 15) is 9.59 Å². The van der Waals surface area contributed by atoms with Gasteiger partial charge in [-0.3, -0.25) is 14.2 Å². The van der Waals surface area contributed by atoms with Gasteiger partial charge in [-0.2, -0.15) is 0 Å². The van der Waals surface area contributed by atoms with Crippen LogP contribution in [0.2, 0.25) is 5.02 Å². The Kier molecular flexibility index (Phi) is 4.89. The molecule has 2 heterocycles. The maximum atomic E-state index is 13.0. The first kappa shape index (κ1) is 18.6. The zero-order valence-electron chi connectivity index (χ0n) is 15.8. The predicted molar refractivity (Wildman–Crippen MR) is 110 cm³/mol. The molecule has 1 amide bonds. The fraction of sp³-hybridized carbons (Fsp3) is 0.333. The Hall–Kier alpha value is -2.73. The van der Waals surface area contributed by atoms with Crippen molar-refractivity contribution in [1.82, 2.24) is 14.5 Å². The predicted octanol–water partition coefficient (Wildman–Crippen LogP) is 3.83. The number of nitrogens with zero attached hydrogens (tertiary/aromatic N) is 3. The number of hydrogen-bond donors (Lipinski definition) is 1. The van der Waals surface area contributed by atoms with E-state index in [0.717, 1.165) is 42.5 Å². The highest BCUT2D eigenvalue weighted by Crippen LogP contribution is 2.23. The molecule has 144 valence electrons. The smallest absolute Gasteiger partial charge is 0.263 e. The number of amides is 1. The normalized spacial score (nSPS) is 14.5. The SMILES string of the molecule is Cc1ccc(Cl)cc1NC(=O)[C@@H](C)n1cnc2nc3c(cc2c1=O)CCCC3. The molecule has 0 saturated heterocycles. The maximum absolute atomic E-state index is 13.0. The van der Waals surface area contributed by atoms with Crippen molar-refractivity contribution >= 4 is 34.2 Å². The van der Waals surface area contributed by atoms with Crippen molar-refractivity contribution in [3.8, 4) is 0 Å². The molecule has 3 aromatic rings. The van der Waals surface area contributed by atoms with E-state index < -0.39 is 6.04 Å². The van der Waals surface area contributed by atoms with Gasteiger partial charge in [0, 0.05) is 16.4 Å². The molecular weight excluding hydrogens is 376 g/mol. The third-order valence-electron chi connectivity index (χ3n) is 5.30. The van der Waals surface area contributed by atoms with Crippen LogP contribution in [0.4, 0.5) is 5.69 Å². The molecule has 1 aromatic carbocycles. The van der Waals surface area contributed by atoms with Crippen LogP contribution in [0, 0.1) is 6.92 Å². The molecule has 2 aromatic heterocycles. The van der Waals surface area contributed by atoms with Crippen molar-refractivity contribution in [1.29, 1.82) is 0 Å². The van der Waals surface area contributed by atoms with E-state index in [2.05, 4.69) is 15.3 Å². The van der Waals surface area contributed by atoms with Crippen LogP contribution in [0.3, 0.4) is 0 Å². The van der Waals surface area contributed by atoms with Gasteiger partial charge in [-0.05, 0) is 68.9 Å². The van der Waals surface area contributed by atoms with E-state index in [1.54, 1.807) is 19.1 Å². The molecule has 1 aliphatic carbocycles. The van der Waals surface area contributed by atoms with Crippen molar-refractivity contribution in [2.75, 3.05) is 5.32 Å². The summed E-state index contributed by atoms with van der Waals surface area (Å²) in [7, 11) is 0. The Morgan fingerprint density at radius 1 is 1.25 bits per heavy atom. The average Bonchev–Trinajstić information content (AvgIpc) is 2.69. The number of nitrogens with one attached hydrogen (secondary N) is 1. The minimum absolute atomic E-state index is 0.253. The lowest BCUT2D eigenvalue weighted by Gasteiger charge is -2.18. The second-order valence-electron chi connectivity index (χ2n) is 7.25. The van der Waals surface area contributed by atoms with Gasteiger partial charge in [-0.1, -0.05) is 17.7 Å². The Morgan fingerprint density at radius 3 is 2.86 bits per heavy atom. The summed E-state index contributed by atoms with van der Waals surface area (Å²) in [6.07, 6.45) is 5.47. The van der Waals surface area contributed by atoms with E-state index >= 15 is 0 Å². The molecule has 0 aliphatic heterocycles. The van der Waals surface area contributed by atoms with Crippen LogP contribution in [0.15, 0.2) is 35.4 Å². The summed E-state index contributed by atoms with van der Waals surface area (Å²) >= 11 is 6.02. The molecule has 0 bridgehead atoms. The highest BCUT2D eigenvalue weighted by atomic mass is 35.5. The zero-order chi connectivity index (χ0) is 19.8. The Morgan fingerprint density at radius 2 is 2.04 bits per heavy atom. The van der Waals surface area contributed by atoms with E-state index in [0.29, 0.717) is 21.7 Å². The summed E-state index contributed by atoms with van der Waals surface area (Å²) in [5.74, 6) is -0.306. The first-order chi connectivity index (χ1) is 13.4. The Labute approximate surface area is 167 Å². The van der Waals surface area contributed by atoms with Crippen molar-refractivity contribution in [3.05, 3.63) is 62.8 Å². The van der Waals surface area contributed by atoms with Crippen LogP contribution >= 0.6 is 11.6 Å². The molecule has 0 fully saturated rings. The molecule has 7 heteroatoms. The fourth-order valence-corrected chi connectivity index (χ4v) is 3.73. The lowest BCUT2D eigenvalue weighted by atomic mass is 9.95. The minimum Gasteiger partial charge on any atom is -0.324 e. The van der Waals surface area contributed by atoms with Crippen molar-refractivity contribution in [3.63, 3.8) is 0 Å². The molecular formula is C21H21ClN4O2. The maximum Gasteiger partial charge on any atom is 0.263 e. The number of benzene rings is 1. The van der Waals surface area contributed by atoms with E-state index in [1.165, 1.54) is 10.9 Å². The third-order valence-corrected chi connectivity index (χ3v) is 5.54. The number of anilines is 1. The molecule has 4 rings (SSSR count). The van der Waals surface area contributed by atoms with Gasteiger partial charge in [0.25, 0.3) is 5.56 Å². The second-order valence-corrected chi connectivity index (χ2v) is 7.69. The highest BCUT2D eigenvalue weighted by molar-refractivity contribution is 6.31. The van der Waals surface area contributed by atoms with Gasteiger partial charge >= 0.3 is 0 Å². The van der Waals surface area contributed by atoms with Crippen LogP contribution < -0.4 is 10.9 Å². The number of pyridine rings is 1. The van der Waals surface area contributed by atoms with Crippen LogP contribution in [0.25, 0.3) is 11.0 Å². The summed E-state index contributed by atoms with van der Waals surface area (Å²) in [6.45, 7) is 3.56. The van der Waals surface area contributed by atoms with Crippen molar-refractivity contribution < 1.29 is 4.79 Å². The molecule has 1 atom stereocenters. The Bertz CT molecular complexity index is 1140. The minimum atomic E-state index is -0.723. The monoisotopic (exact) mass is 396 g/mol. The van der Waals surface area contributed by atoms with E-state index in [-0.39, 0.29) is 11.5 Å². The lowest BCUT2D eigenvalue weighted by Crippen LogP contribution is -2.32. The van der Waals surface area contributed by atoms with Gasteiger partial charge in [-0.15, -0.1) is 0 Å². The van der Waals surface area contributed by atoms with Crippen LogP contribution in [-0.2, 0) is 17.6 Å². The number of carbonyl (C=O) groups is 1. The van der Waals surface area contributed by atoms with Crippen LogP contribution in [0.5, 0.6) is 0 Å². The molecule has 28 heavy (non-hydrogen) atoms. The fourth-order valence-electron chi connectivity index (χ4n) is 3.56. The molecule has 0 saturated carbocycles. The van der Waals surface area contributed by atoms with Gasteiger partial charge in [-0.25, -0.2) is 9.97 Å². The number of aryl methyl sites for hydroxylation is 3. The lowest BCUT2D eigenvalue weighted by molar-refractivity contribution is -0.118. The summed E-state index contributed by atoms with van der Waals surface area (Å²) in [5.41, 5.74) is 3.86. The average molecular weight is 397 g/mol. The molecule has 1 N–H and O–H groups in total. The number of hydrogen-bond acceptors (Lipinski definition) is 4. The van der Waals surface area contributed by atoms with E-state index in [4.69, 9.17) is 11.6 Å². The third kappa shape index (κ3) is 3.40. The first-order valence-electron chi connectivity index (χ1n) is 9.40. The first-order valence-corrected chi connectivity index (χ1v) is 9.78. The number of aromatic nitrogens is 3. The summed E-state index contributed by atoms with van der Waals surface area (Å²) in [5, 5.41) is 3.84. The molecule has 0 unspecified atom stereocenters. The molecule has 0 spiro atoms. The Balaban J connectivity index is 1.67. The largest absolute Gasteiger partial charge is 0.324 e. The summed E-state index contributed by atoms with van der Waals surface area (Å²) < 4.78 is 1.36. The molecule has 6 nitrogen and oxygen atoms in total. The van der Waals surface area contributed by atoms with Gasteiger partial charge < -0.3 is 5.32 Å².